The highest BCUT2D eigenvalue weighted by molar-refractivity contribution is 6.02. The van der Waals surface area contributed by atoms with Gasteiger partial charge in [0.2, 0.25) is 29.6 Å². The molecule has 21 nitrogen and oxygen atoms in total. The predicted octanol–water partition coefficient (Wildman–Crippen LogP) is 7.22. The molecule has 0 rings (SSSR count). The van der Waals surface area contributed by atoms with Gasteiger partial charge in [0.05, 0.1) is 6.54 Å². The van der Waals surface area contributed by atoms with Crippen LogP contribution >= 0.6 is 0 Å². The Kier molecular flexibility index (Phi) is 30.9. The minimum Gasteiger partial charge on any atom is -0.444 e. The van der Waals surface area contributed by atoms with Crippen molar-refractivity contribution in [1.82, 2.24) is 42.5 Å². The maximum atomic E-state index is 13.3. The summed E-state index contributed by atoms with van der Waals surface area (Å²) in [6.45, 7) is 27.8. The molecule has 0 aliphatic heterocycles. The summed E-state index contributed by atoms with van der Waals surface area (Å²) in [5.74, 6) is -0.936. The molecule has 0 aromatic rings. The molecule has 0 saturated heterocycles. The largest absolute Gasteiger partial charge is 0.444 e. The van der Waals surface area contributed by atoms with Crippen LogP contribution in [0.5, 0.6) is 0 Å². The van der Waals surface area contributed by atoms with Gasteiger partial charge in [-0.25, -0.2) is 19.2 Å². The van der Waals surface area contributed by atoms with Gasteiger partial charge in [0.1, 0.15) is 28.4 Å². The van der Waals surface area contributed by atoms with Crippen molar-refractivity contribution in [3.8, 4) is 0 Å². The monoisotopic (exact) mass is 997 g/mol. The fourth-order valence-electron chi connectivity index (χ4n) is 6.17. The Hall–Kier alpha value is -5.21. The zero-order valence-electron chi connectivity index (χ0n) is 45.3. The van der Waals surface area contributed by atoms with E-state index in [1.807, 2.05) is 13.8 Å². The topological polar surface area (TPSA) is 277 Å². The van der Waals surface area contributed by atoms with E-state index in [0.717, 1.165) is 32.1 Å². The van der Waals surface area contributed by atoms with Crippen LogP contribution in [0.1, 0.15) is 187 Å². The second-order valence-electron chi connectivity index (χ2n) is 21.6. The zero-order valence-corrected chi connectivity index (χ0v) is 45.3. The molecule has 70 heavy (non-hydrogen) atoms. The van der Waals surface area contributed by atoms with Crippen LogP contribution < -0.4 is 42.5 Å². The van der Waals surface area contributed by atoms with Crippen molar-refractivity contribution in [2.45, 2.75) is 222 Å². The van der Waals surface area contributed by atoms with Gasteiger partial charge in [-0.05, 0) is 134 Å². The molecule has 0 bridgehead atoms. The van der Waals surface area contributed by atoms with Gasteiger partial charge >= 0.3 is 24.4 Å². The SMILES string of the molecule is CCCCCCC[C@@H](CC(=O)NCCCCCN=C(NC(=O)OC(C)(C)C)NC(=O)OC(C)(C)C)NCC(=O)N[C@@H](CC(C)C)C(=O)NCCCCN=C(NC(=O)OC(C)(C)C)NC(=O)OC(C)(C)C. The van der Waals surface area contributed by atoms with E-state index in [4.69, 9.17) is 18.9 Å². The van der Waals surface area contributed by atoms with Crippen LogP contribution in [-0.4, -0.2) is 121 Å². The Bertz CT molecular complexity index is 1610. The first-order valence-electron chi connectivity index (χ1n) is 25.0. The van der Waals surface area contributed by atoms with E-state index < -0.39 is 52.8 Å². The Morgan fingerprint density at radius 2 is 0.900 bits per heavy atom. The maximum absolute atomic E-state index is 13.3. The smallest absolute Gasteiger partial charge is 0.414 e. The molecule has 0 unspecified atom stereocenters. The molecule has 0 aliphatic carbocycles. The lowest BCUT2D eigenvalue weighted by atomic mass is 10.0. The summed E-state index contributed by atoms with van der Waals surface area (Å²) in [7, 11) is 0. The molecule has 0 saturated carbocycles. The summed E-state index contributed by atoms with van der Waals surface area (Å²) in [6, 6.07) is -1.03. The number of nitrogens with zero attached hydrogens (tertiary/aromatic N) is 2. The van der Waals surface area contributed by atoms with Crippen LogP contribution in [0.2, 0.25) is 0 Å². The van der Waals surface area contributed by atoms with Gasteiger partial charge in [0, 0.05) is 38.6 Å². The summed E-state index contributed by atoms with van der Waals surface area (Å²) in [5, 5.41) is 21.8. The summed E-state index contributed by atoms with van der Waals surface area (Å²) in [6.07, 6.45) is 6.40. The molecular formula is C49H92N10O11. The number of aliphatic imine (C=N–C) groups is 2. The Morgan fingerprint density at radius 1 is 0.500 bits per heavy atom. The quantitative estimate of drug-likeness (QED) is 0.0185. The normalized spacial score (nSPS) is 12.6. The summed E-state index contributed by atoms with van der Waals surface area (Å²) in [4.78, 5) is 97.8. The summed E-state index contributed by atoms with van der Waals surface area (Å²) < 4.78 is 21.1. The predicted molar refractivity (Wildman–Crippen MR) is 272 cm³/mol. The van der Waals surface area contributed by atoms with E-state index >= 15 is 0 Å². The third-order valence-corrected chi connectivity index (χ3v) is 9.06. The van der Waals surface area contributed by atoms with Crippen LogP contribution in [0.15, 0.2) is 9.98 Å². The number of rotatable bonds is 26. The first-order valence-corrected chi connectivity index (χ1v) is 25.0. The van der Waals surface area contributed by atoms with Crippen molar-refractivity contribution < 1.29 is 52.5 Å². The van der Waals surface area contributed by atoms with Gasteiger partial charge in [-0.1, -0.05) is 52.9 Å². The third-order valence-electron chi connectivity index (χ3n) is 9.06. The van der Waals surface area contributed by atoms with Crippen LogP contribution in [0, 0.1) is 5.92 Å². The van der Waals surface area contributed by atoms with Crippen molar-refractivity contribution in [3.05, 3.63) is 0 Å². The Labute approximate surface area is 418 Å². The fourth-order valence-corrected chi connectivity index (χ4v) is 6.17. The molecule has 0 radical (unpaired) electrons. The summed E-state index contributed by atoms with van der Waals surface area (Å²) in [5.41, 5.74) is -3.05. The summed E-state index contributed by atoms with van der Waals surface area (Å²) >= 11 is 0. The van der Waals surface area contributed by atoms with Gasteiger partial charge in [0.25, 0.3) is 0 Å². The van der Waals surface area contributed by atoms with Gasteiger partial charge in [-0.2, -0.15) is 0 Å². The number of carbonyl (C=O) groups is 7. The van der Waals surface area contributed by atoms with Crippen molar-refractivity contribution in [3.63, 3.8) is 0 Å². The Morgan fingerprint density at radius 3 is 1.33 bits per heavy atom. The zero-order chi connectivity index (χ0) is 53.6. The van der Waals surface area contributed by atoms with E-state index in [1.54, 1.807) is 83.1 Å². The number of ether oxygens (including phenoxy) is 4. The minimum absolute atomic E-state index is 0.0716. The highest BCUT2D eigenvalue weighted by Crippen LogP contribution is 2.12. The molecule has 0 aliphatic rings. The van der Waals surface area contributed by atoms with E-state index in [1.165, 1.54) is 0 Å². The number of carbonyl (C=O) groups excluding carboxylic acids is 7. The first-order chi connectivity index (χ1) is 32.4. The molecule has 0 aromatic carbocycles. The molecule has 8 N–H and O–H groups in total. The maximum Gasteiger partial charge on any atom is 0.414 e. The van der Waals surface area contributed by atoms with Crippen molar-refractivity contribution >= 4 is 54.0 Å². The van der Waals surface area contributed by atoms with Gasteiger partial charge in [0.15, 0.2) is 0 Å². The molecular weight excluding hydrogens is 905 g/mol. The Balaban J connectivity index is 5.30. The highest BCUT2D eigenvalue weighted by atomic mass is 16.6. The standard InChI is InChI=1S/C49H92N10O11/c1-16-17-18-19-21-26-35(32-37(60)50-27-22-20-23-29-52-40(56-42(63)67-46(4,5)6)57-43(64)68-47(7,8)9)54-33-38(61)55-36(31-34(2)3)39(62)51-28-24-25-30-53-41(58-44(65)69-48(10,11)12)59-45(66)70-49(13,14)15/h34-36,54H,16-33H2,1-15H3,(H,50,60)(H,51,62)(H,55,61)(H2,52,56,57,63,64)(H2,53,58,59,65,66)/t35-,36-/m0/s1. The number of unbranched alkanes of at least 4 members (excludes halogenated alkanes) is 7. The van der Waals surface area contributed by atoms with Crippen LogP contribution in [0.25, 0.3) is 0 Å². The van der Waals surface area contributed by atoms with Crippen LogP contribution in [-0.2, 0) is 33.3 Å². The number of hydrogen-bond donors (Lipinski definition) is 8. The van der Waals surface area contributed by atoms with Crippen molar-refractivity contribution in [2.24, 2.45) is 15.9 Å². The van der Waals surface area contributed by atoms with Crippen LogP contribution in [0.4, 0.5) is 19.2 Å². The average Bonchev–Trinajstić information content (AvgIpc) is 3.17. The van der Waals surface area contributed by atoms with Gasteiger partial charge in [-0.3, -0.25) is 45.6 Å². The molecule has 404 valence electrons. The molecule has 0 fully saturated rings. The molecule has 21 heteroatoms. The van der Waals surface area contributed by atoms with E-state index in [0.29, 0.717) is 58.0 Å². The van der Waals surface area contributed by atoms with Crippen molar-refractivity contribution in [1.29, 1.82) is 0 Å². The fraction of sp³-hybridized carbons (Fsp3) is 0.816. The molecule has 7 amide bonds. The minimum atomic E-state index is -0.796. The lowest BCUT2D eigenvalue weighted by Crippen LogP contribution is -2.50. The van der Waals surface area contributed by atoms with Gasteiger partial charge in [-0.15, -0.1) is 0 Å². The first kappa shape index (κ1) is 64.8. The lowest BCUT2D eigenvalue weighted by Gasteiger charge is -2.22. The van der Waals surface area contributed by atoms with Gasteiger partial charge < -0.3 is 40.2 Å². The number of nitrogens with one attached hydrogen (secondary N) is 8. The van der Waals surface area contributed by atoms with E-state index in [2.05, 4.69) is 59.4 Å². The number of alkyl carbamates (subject to hydrolysis) is 4. The number of amides is 7. The van der Waals surface area contributed by atoms with Crippen molar-refractivity contribution in [2.75, 3.05) is 32.7 Å². The molecule has 0 heterocycles. The molecule has 0 aromatic heterocycles. The van der Waals surface area contributed by atoms with Crippen LogP contribution in [0.3, 0.4) is 0 Å². The lowest BCUT2D eigenvalue weighted by molar-refractivity contribution is -0.129. The third kappa shape index (κ3) is 39.6. The van der Waals surface area contributed by atoms with E-state index in [9.17, 15) is 33.6 Å². The molecule has 2 atom stereocenters. The number of guanidine groups is 2. The van der Waals surface area contributed by atoms with E-state index in [-0.39, 0.29) is 67.7 Å². The molecule has 0 spiro atoms. The average molecular weight is 997 g/mol. The number of hydrogen-bond acceptors (Lipinski definition) is 14. The second kappa shape index (κ2) is 33.4. The highest BCUT2D eigenvalue weighted by Gasteiger charge is 2.25. The second-order valence-corrected chi connectivity index (χ2v) is 21.6.